The van der Waals surface area contributed by atoms with E-state index in [4.69, 9.17) is 10.2 Å². The van der Waals surface area contributed by atoms with E-state index in [0.717, 1.165) is 12.8 Å². The number of nitrogens with one attached hydrogen (secondary N) is 1. The number of piperidine rings is 1. The molecule has 0 bridgehead atoms. The van der Waals surface area contributed by atoms with E-state index in [-0.39, 0.29) is 6.04 Å². The van der Waals surface area contributed by atoms with Gasteiger partial charge in [-0.2, -0.15) is 0 Å². The first kappa shape index (κ1) is 16.2. The van der Waals surface area contributed by atoms with E-state index in [0.29, 0.717) is 13.1 Å². The molecule has 0 radical (unpaired) electrons. The molecule has 2 atom stereocenters. The van der Waals surface area contributed by atoms with Gasteiger partial charge in [-0.15, -0.1) is 0 Å². The minimum atomic E-state index is -1.40. The summed E-state index contributed by atoms with van der Waals surface area (Å²) < 4.78 is 0. The lowest BCUT2D eigenvalue weighted by atomic mass is 10.1. The molecule has 3 N–H and O–H groups in total. The molecule has 0 aromatic carbocycles. The van der Waals surface area contributed by atoms with Gasteiger partial charge in [-0.3, -0.25) is 4.79 Å². The minimum Gasteiger partial charge on any atom is -0.481 e. The summed E-state index contributed by atoms with van der Waals surface area (Å²) in [5.74, 6) is -2.61. The number of carboxylic acid groups (broad SMARTS) is 2. The number of likely N-dealkylation sites (N-methyl/N-ethyl adjacent to an activating group) is 1. The highest BCUT2D eigenvalue weighted by molar-refractivity contribution is 5.86. The lowest BCUT2D eigenvalue weighted by Crippen LogP contribution is -2.54. The number of aliphatic carboxylic acids is 2. The third kappa shape index (κ3) is 4.69. The molecule has 1 fully saturated rings. The van der Waals surface area contributed by atoms with Crippen LogP contribution in [-0.2, 0) is 9.59 Å². The number of carboxylic acids is 2. The number of urea groups is 1. The summed E-state index contributed by atoms with van der Waals surface area (Å²) in [7, 11) is 3.85. The second-order valence-electron chi connectivity index (χ2n) is 5.14. The first-order valence-corrected chi connectivity index (χ1v) is 6.47. The number of hydrogen-bond donors (Lipinski definition) is 3. The third-order valence-corrected chi connectivity index (χ3v) is 3.39. The largest absolute Gasteiger partial charge is 0.481 e. The molecule has 1 heterocycles. The molecule has 2 amide bonds. The van der Waals surface area contributed by atoms with Crippen molar-refractivity contribution in [2.24, 2.45) is 0 Å². The van der Waals surface area contributed by atoms with Gasteiger partial charge < -0.3 is 25.3 Å². The van der Waals surface area contributed by atoms with Gasteiger partial charge in [0.1, 0.15) is 6.04 Å². The van der Waals surface area contributed by atoms with Crippen LogP contribution < -0.4 is 5.32 Å². The van der Waals surface area contributed by atoms with E-state index in [2.05, 4.69) is 5.32 Å². The number of nitrogens with zero attached hydrogens (tertiary/aromatic N) is 2. The average molecular weight is 287 g/mol. The molecule has 1 aliphatic rings. The van der Waals surface area contributed by atoms with Gasteiger partial charge in [0.15, 0.2) is 0 Å². The highest BCUT2D eigenvalue weighted by Crippen LogP contribution is 2.13. The van der Waals surface area contributed by atoms with E-state index in [9.17, 15) is 14.4 Å². The normalized spacial score (nSPS) is 20.6. The lowest BCUT2D eigenvalue weighted by Gasteiger charge is -2.36. The molecule has 1 rings (SSSR count). The van der Waals surface area contributed by atoms with Crippen LogP contribution in [0, 0.1) is 0 Å². The van der Waals surface area contributed by atoms with Crippen molar-refractivity contribution in [2.75, 3.05) is 27.2 Å². The van der Waals surface area contributed by atoms with Crippen molar-refractivity contribution in [2.45, 2.75) is 31.3 Å². The maximum Gasteiger partial charge on any atom is 0.326 e. The summed E-state index contributed by atoms with van der Waals surface area (Å²) in [6.07, 6.45) is 1.19. The molecule has 8 heteroatoms. The van der Waals surface area contributed by atoms with Gasteiger partial charge in [0.25, 0.3) is 0 Å². The number of likely N-dealkylation sites (tertiary alicyclic amines) is 1. The van der Waals surface area contributed by atoms with Gasteiger partial charge in [-0.1, -0.05) is 0 Å². The fourth-order valence-electron chi connectivity index (χ4n) is 2.18. The summed E-state index contributed by atoms with van der Waals surface area (Å²) in [5, 5.41) is 19.8. The molecule has 20 heavy (non-hydrogen) atoms. The quantitative estimate of drug-likeness (QED) is 0.637. The molecule has 0 aromatic heterocycles. The zero-order chi connectivity index (χ0) is 15.3. The Hall–Kier alpha value is -1.83. The zero-order valence-electron chi connectivity index (χ0n) is 11.7. The van der Waals surface area contributed by atoms with Crippen LogP contribution in [0.4, 0.5) is 4.79 Å². The first-order valence-electron chi connectivity index (χ1n) is 6.47. The highest BCUT2D eigenvalue weighted by Gasteiger charge is 2.29. The first-order chi connectivity index (χ1) is 9.31. The number of carbonyl (C=O) groups excluding carboxylic acids is 1. The monoisotopic (exact) mass is 287 g/mol. The Labute approximate surface area is 117 Å². The van der Waals surface area contributed by atoms with Crippen molar-refractivity contribution in [1.29, 1.82) is 0 Å². The predicted molar refractivity (Wildman–Crippen MR) is 70.5 cm³/mol. The molecule has 0 aliphatic carbocycles. The maximum absolute atomic E-state index is 12.0. The smallest absolute Gasteiger partial charge is 0.326 e. The average Bonchev–Trinajstić information content (AvgIpc) is 2.37. The van der Waals surface area contributed by atoms with Crippen LogP contribution in [-0.4, -0.2) is 77.3 Å². The second kappa shape index (κ2) is 7.09. The van der Waals surface area contributed by atoms with Gasteiger partial charge >= 0.3 is 18.0 Å². The van der Waals surface area contributed by atoms with Gasteiger partial charge in [-0.05, 0) is 26.9 Å². The summed E-state index contributed by atoms with van der Waals surface area (Å²) >= 11 is 0. The topological polar surface area (TPSA) is 110 Å². The number of carbonyl (C=O) groups is 3. The van der Waals surface area contributed by atoms with Crippen molar-refractivity contribution in [3.63, 3.8) is 0 Å². The molecule has 8 nitrogen and oxygen atoms in total. The predicted octanol–water partition coefficient (Wildman–Crippen LogP) is -0.350. The van der Waals surface area contributed by atoms with Gasteiger partial charge in [0.05, 0.1) is 6.42 Å². The molecule has 1 unspecified atom stereocenters. The Morgan fingerprint density at radius 3 is 2.50 bits per heavy atom. The molecule has 0 saturated carbocycles. The second-order valence-corrected chi connectivity index (χ2v) is 5.14. The minimum absolute atomic E-state index is 0.234. The van der Waals surface area contributed by atoms with Crippen molar-refractivity contribution in [3.8, 4) is 0 Å². The molecular formula is C12H21N3O5. The van der Waals surface area contributed by atoms with Crippen LogP contribution >= 0.6 is 0 Å². The molecule has 0 spiro atoms. The van der Waals surface area contributed by atoms with Gasteiger partial charge in [0.2, 0.25) is 0 Å². The van der Waals surface area contributed by atoms with Gasteiger partial charge in [0, 0.05) is 19.1 Å². The fraction of sp³-hybridized carbons (Fsp3) is 0.750. The molecular weight excluding hydrogens is 266 g/mol. The number of amides is 2. The van der Waals surface area contributed by atoms with Crippen LogP contribution in [0.3, 0.4) is 0 Å². The van der Waals surface area contributed by atoms with E-state index >= 15 is 0 Å². The molecule has 114 valence electrons. The van der Waals surface area contributed by atoms with Crippen molar-refractivity contribution >= 4 is 18.0 Å². The Morgan fingerprint density at radius 1 is 1.35 bits per heavy atom. The number of rotatable bonds is 5. The fourth-order valence-corrected chi connectivity index (χ4v) is 2.18. The SMILES string of the molecule is CN(C)C1CCCN(C(=O)N[C@@H](CC(=O)O)C(=O)O)C1. The Bertz CT molecular complexity index is 385. The highest BCUT2D eigenvalue weighted by atomic mass is 16.4. The Kier molecular flexibility index (Phi) is 5.75. The van der Waals surface area contributed by atoms with Crippen LogP contribution in [0.25, 0.3) is 0 Å². The number of hydrogen-bond acceptors (Lipinski definition) is 4. The molecule has 1 aliphatic heterocycles. The third-order valence-electron chi connectivity index (χ3n) is 3.39. The Morgan fingerprint density at radius 2 is 2.00 bits per heavy atom. The van der Waals surface area contributed by atoms with Gasteiger partial charge in [-0.25, -0.2) is 9.59 Å². The van der Waals surface area contributed by atoms with Crippen LogP contribution in [0.15, 0.2) is 0 Å². The summed E-state index contributed by atoms with van der Waals surface area (Å²) in [4.78, 5) is 37.1. The van der Waals surface area contributed by atoms with E-state index < -0.39 is 30.4 Å². The van der Waals surface area contributed by atoms with Crippen molar-refractivity contribution in [3.05, 3.63) is 0 Å². The molecule has 1 saturated heterocycles. The summed E-state index contributed by atoms with van der Waals surface area (Å²) in [5.41, 5.74) is 0. The Balaban J connectivity index is 2.59. The summed E-state index contributed by atoms with van der Waals surface area (Å²) in [6.45, 7) is 1.06. The van der Waals surface area contributed by atoms with Crippen molar-refractivity contribution < 1.29 is 24.6 Å². The van der Waals surface area contributed by atoms with E-state index in [1.54, 1.807) is 0 Å². The van der Waals surface area contributed by atoms with Crippen LogP contribution in [0.5, 0.6) is 0 Å². The van der Waals surface area contributed by atoms with E-state index in [1.807, 2.05) is 19.0 Å². The maximum atomic E-state index is 12.0. The van der Waals surface area contributed by atoms with Crippen LogP contribution in [0.2, 0.25) is 0 Å². The lowest BCUT2D eigenvalue weighted by molar-refractivity contribution is -0.145. The van der Waals surface area contributed by atoms with E-state index in [1.165, 1.54) is 4.90 Å². The summed E-state index contributed by atoms with van der Waals surface area (Å²) in [6, 6.07) is -1.69. The van der Waals surface area contributed by atoms with Crippen LogP contribution in [0.1, 0.15) is 19.3 Å². The van der Waals surface area contributed by atoms with Crippen molar-refractivity contribution in [1.82, 2.24) is 15.1 Å². The molecule has 0 aromatic rings. The zero-order valence-corrected chi connectivity index (χ0v) is 11.7. The standard InChI is InChI=1S/C12H21N3O5/c1-14(2)8-4-3-5-15(7-8)12(20)13-9(11(18)19)6-10(16)17/h8-9H,3-7H2,1-2H3,(H,13,20)(H,16,17)(H,18,19)/t8?,9-/m0/s1.